The second-order valence-corrected chi connectivity index (χ2v) is 5.59. The molecule has 0 aromatic carbocycles. The van der Waals surface area contributed by atoms with Crippen LogP contribution in [0.25, 0.3) is 0 Å². The van der Waals surface area contributed by atoms with Crippen molar-refractivity contribution < 1.29 is 24.6 Å². The van der Waals surface area contributed by atoms with Gasteiger partial charge in [-0.3, -0.25) is 9.59 Å². The smallest absolute Gasteiger partial charge is 0.326 e. The molecule has 128 valence electrons. The van der Waals surface area contributed by atoms with E-state index in [1.807, 2.05) is 0 Å². The number of thiol groups is 1. The molecule has 6 N–H and O–H groups in total. The summed E-state index contributed by atoms with van der Waals surface area (Å²) in [4.78, 5) is 35.1. The molecule has 0 fully saturated rings. The van der Waals surface area contributed by atoms with Crippen molar-refractivity contribution in [1.29, 1.82) is 0 Å². The van der Waals surface area contributed by atoms with E-state index in [1.54, 1.807) is 13.8 Å². The third-order valence-electron chi connectivity index (χ3n) is 3.37. The van der Waals surface area contributed by atoms with Gasteiger partial charge in [-0.1, -0.05) is 20.3 Å². The van der Waals surface area contributed by atoms with Crippen LogP contribution in [0.15, 0.2) is 0 Å². The van der Waals surface area contributed by atoms with E-state index in [2.05, 4.69) is 23.3 Å². The molecule has 8 nitrogen and oxygen atoms in total. The number of carbonyl (C=O) groups is 3. The Morgan fingerprint density at radius 2 is 1.64 bits per heavy atom. The normalized spacial score (nSPS) is 17.7. The quantitative estimate of drug-likeness (QED) is 0.290. The zero-order chi connectivity index (χ0) is 17.4. The van der Waals surface area contributed by atoms with Crippen molar-refractivity contribution in [1.82, 2.24) is 10.6 Å². The van der Waals surface area contributed by atoms with Gasteiger partial charge in [0.15, 0.2) is 0 Å². The molecule has 0 aromatic heterocycles. The summed E-state index contributed by atoms with van der Waals surface area (Å²) in [6, 6.07) is -3.32. The zero-order valence-corrected chi connectivity index (χ0v) is 13.8. The lowest BCUT2D eigenvalue weighted by molar-refractivity contribution is -0.144. The van der Waals surface area contributed by atoms with Crippen LogP contribution < -0.4 is 16.4 Å². The number of aliphatic hydroxyl groups excluding tert-OH is 1. The molecule has 5 unspecified atom stereocenters. The van der Waals surface area contributed by atoms with Gasteiger partial charge in [-0.15, -0.1) is 0 Å². The first-order chi connectivity index (χ1) is 10.1. The van der Waals surface area contributed by atoms with E-state index in [-0.39, 0.29) is 11.7 Å². The summed E-state index contributed by atoms with van der Waals surface area (Å²) in [5, 5.41) is 23.4. The van der Waals surface area contributed by atoms with E-state index in [4.69, 9.17) is 10.8 Å². The highest BCUT2D eigenvalue weighted by Gasteiger charge is 2.32. The summed E-state index contributed by atoms with van der Waals surface area (Å²) >= 11 is 3.88. The van der Waals surface area contributed by atoms with Gasteiger partial charge in [0.1, 0.15) is 12.1 Å². The van der Waals surface area contributed by atoms with Gasteiger partial charge in [0.05, 0.1) is 12.1 Å². The first-order valence-corrected chi connectivity index (χ1v) is 7.66. The molecule has 0 spiro atoms. The lowest BCUT2D eigenvalue weighted by Gasteiger charge is -2.26. The van der Waals surface area contributed by atoms with Crippen LogP contribution >= 0.6 is 12.6 Å². The zero-order valence-electron chi connectivity index (χ0n) is 12.9. The second kappa shape index (κ2) is 9.65. The summed E-state index contributed by atoms with van der Waals surface area (Å²) < 4.78 is 0. The van der Waals surface area contributed by atoms with Gasteiger partial charge in [-0.2, -0.15) is 12.6 Å². The van der Waals surface area contributed by atoms with Crippen molar-refractivity contribution in [3.8, 4) is 0 Å². The van der Waals surface area contributed by atoms with Crippen LogP contribution in [-0.4, -0.2) is 58.0 Å². The van der Waals surface area contributed by atoms with E-state index in [1.165, 1.54) is 6.92 Å². The first kappa shape index (κ1) is 20.7. The number of rotatable bonds is 9. The monoisotopic (exact) mass is 335 g/mol. The minimum atomic E-state index is -1.29. The predicted octanol–water partition coefficient (Wildman–Crippen LogP) is -1.28. The minimum Gasteiger partial charge on any atom is -0.480 e. The van der Waals surface area contributed by atoms with E-state index in [0.717, 1.165) is 0 Å². The summed E-state index contributed by atoms with van der Waals surface area (Å²) in [5.74, 6) is -2.82. The van der Waals surface area contributed by atoms with Crippen LogP contribution in [0.5, 0.6) is 0 Å². The summed E-state index contributed by atoms with van der Waals surface area (Å²) in [7, 11) is 0. The van der Waals surface area contributed by atoms with Gasteiger partial charge < -0.3 is 26.6 Å². The van der Waals surface area contributed by atoms with Crippen LogP contribution in [0.4, 0.5) is 0 Å². The number of carboxylic acids is 1. The SMILES string of the molecule is CCC(C)C(NC(=O)C(NC(=O)C(N)CS)C(C)O)C(=O)O. The Balaban J connectivity index is 4.99. The molecule has 0 bridgehead atoms. The number of amides is 2. The first-order valence-electron chi connectivity index (χ1n) is 7.03. The highest BCUT2D eigenvalue weighted by Crippen LogP contribution is 2.08. The third kappa shape index (κ3) is 6.20. The van der Waals surface area contributed by atoms with Crippen molar-refractivity contribution in [2.24, 2.45) is 11.7 Å². The molecular weight excluding hydrogens is 310 g/mol. The fourth-order valence-electron chi connectivity index (χ4n) is 1.67. The molecule has 0 saturated heterocycles. The number of aliphatic carboxylic acids is 1. The number of nitrogens with one attached hydrogen (secondary N) is 2. The maximum atomic E-state index is 12.2. The topological polar surface area (TPSA) is 142 Å². The van der Waals surface area contributed by atoms with Crippen LogP contribution in [0.1, 0.15) is 27.2 Å². The summed E-state index contributed by atoms with van der Waals surface area (Å²) in [6.07, 6.45) is -0.657. The number of nitrogens with two attached hydrogens (primary N) is 1. The highest BCUT2D eigenvalue weighted by atomic mass is 32.1. The Bertz CT molecular complexity index is 405. The Morgan fingerprint density at radius 1 is 1.14 bits per heavy atom. The lowest BCUT2D eigenvalue weighted by atomic mass is 9.98. The van der Waals surface area contributed by atoms with Gasteiger partial charge in [-0.05, 0) is 12.8 Å². The van der Waals surface area contributed by atoms with Crippen LogP contribution in [0.2, 0.25) is 0 Å². The molecule has 2 amide bonds. The molecule has 22 heavy (non-hydrogen) atoms. The molecule has 0 rings (SSSR count). The average Bonchev–Trinajstić information content (AvgIpc) is 2.47. The van der Waals surface area contributed by atoms with Gasteiger partial charge in [0, 0.05) is 5.75 Å². The maximum absolute atomic E-state index is 12.2. The molecule has 5 atom stereocenters. The van der Waals surface area contributed by atoms with Crippen LogP contribution in [0, 0.1) is 5.92 Å². The third-order valence-corrected chi connectivity index (χ3v) is 3.77. The molecular formula is C13H25N3O5S. The number of aliphatic hydroxyl groups is 1. The van der Waals surface area contributed by atoms with Gasteiger partial charge in [-0.25, -0.2) is 4.79 Å². The number of carboxylic acid groups (broad SMARTS) is 1. The average molecular weight is 335 g/mol. The van der Waals surface area contributed by atoms with E-state index >= 15 is 0 Å². The molecule has 0 aliphatic rings. The van der Waals surface area contributed by atoms with Crippen molar-refractivity contribution in [3.63, 3.8) is 0 Å². The van der Waals surface area contributed by atoms with E-state index < -0.39 is 42.0 Å². The Kier molecular flexibility index (Phi) is 9.07. The van der Waals surface area contributed by atoms with E-state index in [0.29, 0.717) is 6.42 Å². The van der Waals surface area contributed by atoms with Gasteiger partial charge in [0.25, 0.3) is 0 Å². The summed E-state index contributed by atoms with van der Waals surface area (Å²) in [6.45, 7) is 4.80. The molecule has 0 aliphatic carbocycles. The van der Waals surface area contributed by atoms with E-state index in [9.17, 15) is 19.5 Å². The van der Waals surface area contributed by atoms with Crippen LogP contribution in [-0.2, 0) is 14.4 Å². The van der Waals surface area contributed by atoms with Gasteiger partial charge in [0.2, 0.25) is 11.8 Å². The van der Waals surface area contributed by atoms with Crippen molar-refractivity contribution >= 4 is 30.4 Å². The van der Waals surface area contributed by atoms with Crippen molar-refractivity contribution in [2.45, 2.75) is 51.4 Å². The molecule has 0 aromatic rings. The second-order valence-electron chi connectivity index (χ2n) is 5.23. The summed E-state index contributed by atoms with van der Waals surface area (Å²) in [5.41, 5.74) is 5.49. The molecule has 0 heterocycles. The minimum absolute atomic E-state index is 0.0740. The highest BCUT2D eigenvalue weighted by molar-refractivity contribution is 7.80. The Hall–Kier alpha value is -1.32. The Labute approximate surface area is 135 Å². The fraction of sp³-hybridized carbons (Fsp3) is 0.769. The molecule has 0 saturated carbocycles. The molecule has 9 heteroatoms. The van der Waals surface area contributed by atoms with Crippen LogP contribution in [0.3, 0.4) is 0 Å². The lowest BCUT2D eigenvalue weighted by Crippen LogP contribution is -2.59. The Morgan fingerprint density at radius 3 is 2.00 bits per heavy atom. The fourth-order valence-corrected chi connectivity index (χ4v) is 1.84. The van der Waals surface area contributed by atoms with Crippen molar-refractivity contribution in [3.05, 3.63) is 0 Å². The maximum Gasteiger partial charge on any atom is 0.326 e. The predicted molar refractivity (Wildman–Crippen MR) is 84.5 cm³/mol. The standard InChI is InChI=1S/C13H25N3O5S/c1-4-6(2)9(13(20)21)15-12(19)10(7(3)17)16-11(18)8(14)5-22/h6-10,17,22H,4-5,14H2,1-3H3,(H,15,19)(H,16,18)(H,20,21). The number of hydrogen-bond acceptors (Lipinski definition) is 6. The largest absolute Gasteiger partial charge is 0.480 e. The van der Waals surface area contributed by atoms with Gasteiger partial charge >= 0.3 is 5.97 Å². The number of hydrogen-bond donors (Lipinski definition) is 6. The molecule has 0 aliphatic heterocycles. The number of carbonyl (C=O) groups excluding carboxylic acids is 2. The van der Waals surface area contributed by atoms with Crippen molar-refractivity contribution in [2.75, 3.05) is 5.75 Å². The molecule has 0 radical (unpaired) electrons.